The Bertz CT molecular complexity index is 454. The summed E-state index contributed by atoms with van der Waals surface area (Å²) in [6.45, 7) is 5.41. The Morgan fingerprint density at radius 3 is 2.53 bits per heavy atom. The minimum atomic E-state index is -0.800. The van der Waals surface area contributed by atoms with Crippen LogP contribution in [0.25, 0.3) is 0 Å². The number of nitrogens with two attached hydrogens (primary N) is 1. The molecule has 6 heteroatoms. The van der Waals surface area contributed by atoms with Crippen molar-refractivity contribution in [2.75, 3.05) is 0 Å². The third-order valence-corrected chi connectivity index (χ3v) is 2.29. The smallest absolute Gasteiger partial charge is 0.260 e. The molecule has 0 unspecified atom stereocenters. The Labute approximate surface area is 112 Å². The average Bonchev–Trinajstić information content (AvgIpc) is 2.29. The summed E-state index contributed by atoms with van der Waals surface area (Å²) in [7, 11) is 0. The molecule has 106 valence electrons. The van der Waals surface area contributed by atoms with E-state index in [9.17, 15) is 15.0 Å². The third-order valence-electron chi connectivity index (χ3n) is 2.29. The summed E-state index contributed by atoms with van der Waals surface area (Å²) in [6, 6.07) is 3.51. The zero-order valence-corrected chi connectivity index (χ0v) is 11.3. The standard InChI is InChI=1S/C13H20N2O4/c1-13(2,3)19-15-12(18)9(14)6-8-4-5-10(16)11(17)7-8/h4-5,7,9,16-17H,6,14H2,1-3H3,(H,15,18)/t9-/m0/s1. The number of hydrogen-bond donors (Lipinski definition) is 4. The molecular formula is C13H20N2O4. The van der Waals surface area contributed by atoms with E-state index >= 15 is 0 Å². The molecule has 1 rings (SSSR count). The SMILES string of the molecule is CC(C)(C)ONC(=O)[C@@H](N)Cc1ccc(O)c(O)c1. The number of nitrogens with one attached hydrogen (secondary N) is 1. The first kappa shape index (κ1) is 15.3. The van der Waals surface area contributed by atoms with Gasteiger partial charge < -0.3 is 15.9 Å². The lowest BCUT2D eigenvalue weighted by Gasteiger charge is -2.20. The molecular weight excluding hydrogens is 248 g/mol. The highest BCUT2D eigenvalue weighted by Crippen LogP contribution is 2.25. The van der Waals surface area contributed by atoms with Crippen LogP contribution in [0.3, 0.4) is 0 Å². The van der Waals surface area contributed by atoms with Gasteiger partial charge in [0, 0.05) is 0 Å². The van der Waals surface area contributed by atoms with E-state index in [4.69, 9.17) is 10.6 Å². The first-order valence-corrected chi connectivity index (χ1v) is 5.93. The first-order valence-electron chi connectivity index (χ1n) is 5.93. The predicted molar refractivity (Wildman–Crippen MR) is 70.4 cm³/mol. The number of phenolic OH excluding ortho intramolecular Hbond substituents is 2. The Morgan fingerprint density at radius 2 is 2.00 bits per heavy atom. The monoisotopic (exact) mass is 268 g/mol. The summed E-state index contributed by atoms with van der Waals surface area (Å²) in [5.74, 6) is -0.892. The van der Waals surface area contributed by atoms with Crippen LogP contribution in [-0.4, -0.2) is 27.8 Å². The van der Waals surface area contributed by atoms with Crippen molar-refractivity contribution in [3.63, 3.8) is 0 Å². The second-order valence-corrected chi connectivity index (χ2v) is 5.31. The van der Waals surface area contributed by atoms with E-state index in [1.807, 2.05) is 0 Å². The molecule has 0 aromatic heterocycles. The van der Waals surface area contributed by atoms with Crippen molar-refractivity contribution in [1.82, 2.24) is 5.48 Å². The number of hydrogen-bond acceptors (Lipinski definition) is 5. The summed E-state index contributed by atoms with van der Waals surface area (Å²) < 4.78 is 0. The molecule has 1 aromatic carbocycles. The molecule has 6 nitrogen and oxygen atoms in total. The largest absolute Gasteiger partial charge is 0.504 e. The Balaban J connectivity index is 2.56. The van der Waals surface area contributed by atoms with Gasteiger partial charge in [-0.25, -0.2) is 5.48 Å². The van der Waals surface area contributed by atoms with E-state index in [0.717, 1.165) is 0 Å². The van der Waals surface area contributed by atoms with Crippen LogP contribution < -0.4 is 11.2 Å². The molecule has 0 aliphatic rings. The maximum atomic E-state index is 11.7. The van der Waals surface area contributed by atoms with E-state index in [-0.39, 0.29) is 17.9 Å². The summed E-state index contributed by atoms with van der Waals surface area (Å²) >= 11 is 0. The van der Waals surface area contributed by atoms with E-state index in [0.29, 0.717) is 5.56 Å². The molecule has 0 saturated heterocycles. The van der Waals surface area contributed by atoms with Gasteiger partial charge in [0.2, 0.25) is 0 Å². The lowest BCUT2D eigenvalue weighted by molar-refractivity contribution is -0.146. The van der Waals surface area contributed by atoms with Gasteiger partial charge >= 0.3 is 0 Å². The normalized spacial score (nSPS) is 13.1. The van der Waals surface area contributed by atoms with Crippen LogP contribution in [0.4, 0.5) is 0 Å². The second-order valence-electron chi connectivity index (χ2n) is 5.31. The highest BCUT2D eigenvalue weighted by atomic mass is 16.7. The van der Waals surface area contributed by atoms with Crippen LogP contribution in [0, 0.1) is 0 Å². The number of hydroxylamine groups is 1. The van der Waals surface area contributed by atoms with Gasteiger partial charge in [0.05, 0.1) is 11.6 Å². The van der Waals surface area contributed by atoms with E-state index in [2.05, 4.69) is 5.48 Å². The molecule has 5 N–H and O–H groups in total. The van der Waals surface area contributed by atoms with Crippen LogP contribution >= 0.6 is 0 Å². The van der Waals surface area contributed by atoms with E-state index < -0.39 is 17.6 Å². The second kappa shape index (κ2) is 5.90. The molecule has 0 heterocycles. The van der Waals surface area contributed by atoms with Crippen LogP contribution in [0.15, 0.2) is 18.2 Å². The van der Waals surface area contributed by atoms with E-state index in [1.54, 1.807) is 26.8 Å². The van der Waals surface area contributed by atoms with Crippen molar-refractivity contribution in [2.45, 2.75) is 38.8 Å². The molecule has 0 radical (unpaired) electrons. The molecule has 0 aliphatic carbocycles. The van der Waals surface area contributed by atoms with Crippen molar-refractivity contribution in [3.05, 3.63) is 23.8 Å². The maximum Gasteiger partial charge on any atom is 0.260 e. The number of benzene rings is 1. The van der Waals surface area contributed by atoms with Gasteiger partial charge in [0.15, 0.2) is 11.5 Å². The number of phenols is 2. The van der Waals surface area contributed by atoms with E-state index in [1.165, 1.54) is 12.1 Å². The summed E-state index contributed by atoms with van der Waals surface area (Å²) in [6.07, 6.45) is 0.229. The quantitative estimate of drug-likeness (QED) is 0.478. The molecule has 1 aromatic rings. The minimum absolute atomic E-state index is 0.210. The maximum absolute atomic E-state index is 11.7. The fourth-order valence-electron chi connectivity index (χ4n) is 1.32. The fraction of sp³-hybridized carbons (Fsp3) is 0.462. The highest BCUT2D eigenvalue weighted by Gasteiger charge is 2.18. The Kier molecular flexibility index (Phi) is 4.74. The van der Waals surface area contributed by atoms with Gasteiger partial charge in [-0.3, -0.25) is 9.63 Å². The minimum Gasteiger partial charge on any atom is -0.504 e. The summed E-state index contributed by atoms with van der Waals surface area (Å²) in [5.41, 5.74) is 8.18. The van der Waals surface area contributed by atoms with Gasteiger partial charge in [-0.1, -0.05) is 6.07 Å². The molecule has 0 bridgehead atoms. The van der Waals surface area contributed by atoms with Gasteiger partial charge in [-0.15, -0.1) is 0 Å². The lowest BCUT2D eigenvalue weighted by Crippen LogP contribution is -2.44. The van der Waals surface area contributed by atoms with Crippen molar-refractivity contribution in [3.8, 4) is 11.5 Å². The zero-order valence-electron chi connectivity index (χ0n) is 11.3. The summed E-state index contributed by atoms with van der Waals surface area (Å²) in [5, 5.41) is 18.5. The number of carbonyl (C=O) groups is 1. The van der Waals surface area contributed by atoms with Crippen molar-refractivity contribution in [2.24, 2.45) is 5.73 Å². The lowest BCUT2D eigenvalue weighted by atomic mass is 10.1. The number of rotatable bonds is 4. The Hall–Kier alpha value is -1.79. The van der Waals surface area contributed by atoms with Gasteiger partial charge in [-0.2, -0.15) is 0 Å². The van der Waals surface area contributed by atoms with Crippen LogP contribution in [-0.2, 0) is 16.1 Å². The van der Waals surface area contributed by atoms with Gasteiger partial charge in [0.1, 0.15) is 0 Å². The van der Waals surface area contributed by atoms with Crippen LogP contribution in [0.2, 0.25) is 0 Å². The Morgan fingerprint density at radius 1 is 1.37 bits per heavy atom. The number of aromatic hydroxyl groups is 2. The van der Waals surface area contributed by atoms with Gasteiger partial charge in [-0.05, 0) is 44.9 Å². The topological polar surface area (TPSA) is 105 Å². The molecule has 0 aliphatic heterocycles. The molecule has 0 spiro atoms. The molecule has 0 fully saturated rings. The predicted octanol–water partition coefficient (Wildman–Crippen LogP) is 0.814. The summed E-state index contributed by atoms with van der Waals surface area (Å²) in [4.78, 5) is 16.8. The zero-order chi connectivity index (χ0) is 14.6. The molecule has 1 amide bonds. The van der Waals surface area contributed by atoms with Crippen molar-refractivity contribution >= 4 is 5.91 Å². The molecule has 19 heavy (non-hydrogen) atoms. The number of amides is 1. The van der Waals surface area contributed by atoms with Crippen molar-refractivity contribution < 1.29 is 19.8 Å². The number of carbonyl (C=O) groups excluding carboxylic acids is 1. The first-order chi connectivity index (χ1) is 8.69. The average molecular weight is 268 g/mol. The third kappa shape index (κ3) is 5.15. The van der Waals surface area contributed by atoms with Crippen LogP contribution in [0.5, 0.6) is 11.5 Å². The van der Waals surface area contributed by atoms with Crippen LogP contribution in [0.1, 0.15) is 26.3 Å². The highest BCUT2D eigenvalue weighted by molar-refractivity contribution is 5.80. The van der Waals surface area contributed by atoms with Crippen molar-refractivity contribution in [1.29, 1.82) is 0 Å². The van der Waals surface area contributed by atoms with Gasteiger partial charge in [0.25, 0.3) is 5.91 Å². The fourth-order valence-corrected chi connectivity index (χ4v) is 1.32. The molecule has 1 atom stereocenters. The molecule has 0 saturated carbocycles.